The molecular weight excluding hydrogens is 472 g/mol. The van der Waals surface area contributed by atoms with Crippen LogP contribution in [0, 0.1) is 11.8 Å². The van der Waals surface area contributed by atoms with Gasteiger partial charge in [-0.05, 0) is 56.1 Å². The van der Waals surface area contributed by atoms with Crippen molar-refractivity contribution in [1.82, 2.24) is 4.90 Å². The van der Waals surface area contributed by atoms with Gasteiger partial charge in [0.2, 0.25) is 5.78 Å². The van der Waals surface area contributed by atoms with Crippen LogP contribution in [0.5, 0.6) is 5.75 Å². The number of primary amides is 1. The van der Waals surface area contributed by atoms with Gasteiger partial charge >= 0.3 is 5.97 Å². The molecule has 4 atom stereocenters. The molecule has 1 saturated carbocycles. The Morgan fingerprint density at radius 3 is 2.44 bits per heavy atom. The molecule has 6 N–H and O–H groups in total. The maximum absolute atomic E-state index is 13.7. The lowest BCUT2D eigenvalue weighted by molar-refractivity contribution is -0.153. The van der Waals surface area contributed by atoms with E-state index in [2.05, 4.69) is 4.74 Å². The van der Waals surface area contributed by atoms with Gasteiger partial charge in [0, 0.05) is 17.6 Å². The number of carbonyl (C=O) groups excluding carboxylic acids is 4. The third-order valence-electron chi connectivity index (χ3n) is 7.24. The minimum Gasteiger partial charge on any atom is -0.508 e. The highest BCUT2D eigenvalue weighted by Gasteiger charge is 2.64. The molecule has 190 valence electrons. The standard InChI is InChI=1S/C25H26N2O9/c1-27(2)19-13-9-11-8-12-10(5-7-15(29)36-3)4-6-14(28)17(12)20(30)16(11)22(32)25(13,35)23(33)18(21(19)31)24(26)34/h4-7,11,13,19,28,30,33,35H,8-9H2,1-3H3,(H2,26,34)/b7-5+/t11-,13-,19+,25-/m0/s1. The number of phenols is 1. The van der Waals surface area contributed by atoms with Crippen molar-refractivity contribution < 1.29 is 44.3 Å². The third-order valence-corrected chi connectivity index (χ3v) is 7.24. The average Bonchev–Trinajstić information content (AvgIpc) is 2.80. The number of carbonyl (C=O) groups is 4. The number of aromatic hydroxyl groups is 1. The van der Waals surface area contributed by atoms with Crippen LogP contribution < -0.4 is 5.73 Å². The minimum absolute atomic E-state index is 0.0262. The fourth-order valence-corrected chi connectivity index (χ4v) is 5.65. The number of phenolic OH excluding ortho intramolecular Hbond substituents is 1. The summed E-state index contributed by atoms with van der Waals surface area (Å²) in [5, 5.41) is 44.0. The molecule has 1 fully saturated rings. The van der Waals surface area contributed by atoms with Crippen molar-refractivity contribution in [2.75, 3.05) is 21.2 Å². The van der Waals surface area contributed by atoms with Gasteiger partial charge in [-0.25, -0.2) is 4.79 Å². The van der Waals surface area contributed by atoms with Gasteiger partial charge in [0.1, 0.15) is 22.8 Å². The van der Waals surface area contributed by atoms with Gasteiger partial charge in [0.05, 0.1) is 18.7 Å². The summed E-state index contributed by atoms with van der Waals surface area (Å²) in [7, 11) is 4.27. The molecule has 11 heteroatoms. The van der Waals surface area contributed by atoms with Crippen LogP contribution in [0.25, 0.3) is 11.8 Å². The molecule has 3 aliphatic rings. The van der Waals surface area contributed by atoms with Crippen molar-refractivity contribution in [1.29, 1.82) is 0 Å². The molecule has 1 aromatic rings. The van der Waals surface area contributed by atoms with Crippen molar-refractivity contribution in [3.8, 4) is 5.75 Å². The summed E-state index contributed by atoms with van der Waals surface area (Å²) >= 11 is 0. The first-order valence-corrected chi connectivity index (χ1v) is 11.1. The lowest BCUT2D eigenvalue weighted by Gasteiger charge is -2.50. The van der Waals surface area contributed by atoms with Gasteiger partial charge in [0.25, 0.3) is 5.91 Å². The molecular formula is C25H26N2O9. The molecule has 0 heterocycles. The smallest absolute Gasteiger partial charge is 0.330 e. The molecule has 0 unspecified atom stereocenters. The Labute approximate surface area is 205 Å². The zero-order valence-electron chi connectivity index (χ0n) is 19.8. The number of nitrogens with zero attached hydrogens (tertiary/aromatic N) is 1. The molecule has 0 aromatic heterocycles. The zero-order valence-corrected chi connectivity index (χ0v) is 19.8. The molecule has 1 aromatic carbocycles. The third kappa shape index (κ3) is 3.42. The molecule has 0 spiro atoms. The number of hydrogen-bond acceptors (Lipinski definition) is 10. The number of hydrogen-bond donors (Lipinski definition) is 5. The number of ether oxygens (including phenoxy) is 1. The summed E-state index contributed by atoms with van der Waals surface area (Å²) in [6.07, 6.45) is 2.71. The topological polar surface area (TPSA) is 188 Å². The van der Waals surface area contributed by atoms with Gasteiger partial charge in [-0.3, -0.25) is 19.3 Å². The predicted molar refractivity (Wildman–Crippen MR) is 125 cm³/mol. The lowest BCUT2D eigenvalue weighted by atomic mass is 9.57. The SMILES string of the molecule is COC(=O)/C=C/c1ccc(O)c2c1C[C@H]1C[C@H]3[C@@H](N(C)C)C(=O)C(C(N)=O)=C(O)[C@@]3(O)C(=O)C1=C2O. The number of methoxy groups -OCH3 is 1. The van der Waals surface area contributed by atoms with Crippen LogP contribution in [0.15, 0.2) is 35.1 Å². The number of rotatable bonds is 4. The largest absolute Gasteiger partial charge is 0.508 e. The van der Waals surface area contributed by atoms with Crippen LogP contribution in [-0.2, 0) is 30.3 Å². The van der Waals surface area contributed by atoms with E-state index in [1.54, 1.807) is 0 Å². The normalized spacial score (nSPS) is 27.8. The van der Waals surface area contributed by atoms with E-state index < -0.39 is 64.0 Å². The van der Waals surface area contributed by atoms with E-state index >= 15 is 0 Å². The number of Topliss-reactive ketones (excluding diaryl/α,β-unsaturated/α-hetero) is 2. The molecule has 0 saturated heterocycles. The van der Waals surface area contributed by atoms with Crippen LogP contribution in [0.4, 0.5) is 0 Å². The summed E-state index contributed by atoms with van der Waals surface area (Å²) in [6, 6.07) is 1.65. The highest BCUT2D eigenvalue weighted by molar-refractivity contribution is 6.24. The fourth-order valence-electron chi connectivity index (χ4n) is 5.65. The fraction of sp³-hybridized carbons (Fsp3) is 0.360. The Morgan fingerprint density at radius 1 is 1.19 bits per heavy atom. The number of benzene rings is 1. The maximum atomic E-state index is 13.7. The summed E-state index contributed by atoms with van der Waals surface area (Å²) < 4.78 is 4.61. The van der Waals surface area contributed by atoms with Crippen molar-refractivity contribution >= 4 is 35.3 Å². The summed E-state index contributed by atoms with van der Waals surface area (Å²) in [4.78, 5) is 51.9. The molecule has 0 aliphatic heterocycles. The van der Waals surface area contributed by atoms with Crippen molar-refractivity contribution in [3.63, 3.8) is 0 Å². The van der Waals surface area contributed by atoms with E-state index in [1.165, 1.54) is 50.4 Å². The van der Waals surface area contributed by atoms with Crippen molar-refractivity contribution in [3.05, 3.63) is 51.8 Å². The second kappa shape index (κ2) is 8.61. The summed E-state index contributed by atoms with van der Waals surface area (Å²) in [5.41, 5.74) is 2.37. The number of aliphatic hydroxyl groups is 3. The van der Waals surface area contributed by atoms with Gasteiger partial charge in [-0.2, -0.15) is 0 Å². The number of aliphatic hydroxyl groups excluding tert-OH is 2. The molecule has 36 heavy (non-hydrogen) atoms. The first kappa shape index (κ1) is 25.1. The molecule has 3 aliphatic carbocycles. The van der Waals surface area contributed by atoms with Gasteiger partial charge in [-0.1, -0.05) is 6.07 Å². The highest BCUT2D eigenvalue weighted by atomic mass is 16.5. The van der Waals surface area contributed by atoms with Gasteiger partial charge in [-0.15, -0.1) is 0 Å². The second-order valence-electron chi connectivity index (χ2n) is 9.35. The molecule has 0 radical (unpaired) electrons. The molecule has 4 rings (SSSR count). The van der Waals surface area contributed by atoms with Gasteiger partial charge in [0.15, 0.2) is 11.4 Å². The number of esters is 1. The zero-order chi connectivity index (χ0) is 26.7. The monoisotopic (exact) mass is 498 g/mol. The van der Waals surface area contributed by atoms with Gasteiger partial charge < -0.3 is 30.9 Å². The van der Waals surface area contributed by atoms with Crippen LogP contribution in [-0.4, -0.2) is 81.6 Å². The minimum atomic E-state index is -2.69. The predicted octanol–water partition coefficient (Wildman–Crippen LogP) is 0.150. The Kier molecular flexibility index (Phi) is 6.01. The van der Waals surface area contributed by atoms with Crippen molar-refractivity contribution in [2.24, 2.45) is 17.6 Å². The van der Waals surface area contributed by atoms with E-state index in [4.69, 9.17) is 5.73 Å². The number of nitrogens with two attached hydrogens (primary N) is 1. The van der Waals surface area contributed by atoms with Crippen LogP contribution >= 0.6 is 0 Å². The highest BCUT2D eigenvalue weighted by Crippen LogP contribution is 2.53. The average molecular weight is 498 g/mol. The number of likely N-dealkylation sites (N-methyl/N-ethyl adjacent to an activating group) is 1. The van der Waals surface area contributed by atoms with Crippen molar-refractivity contribution in [2.45, 2.75) is 24.5 Å². The first-order chi connectivity index (χ1) is 16.9. The Bertz CT molecular complexity index is 1310. The number of fused-ring (bicyclic) bond motifs is 3. The number of ketones is 2. The van der Waals surface area contributed by atoms with Crippen LogP contribution in [0.1, 0.15) is 23.1 Å². The first-order valence-electron chi connectivity index (χ1n) is 11.1. The molecule has 1 amide bonds. The Balaban J connectivity index is 1.94. The van der Waals surface area contributed by atoms with E-state index in [-0.39, 0.29) is 29.7 Å². The lowest BCUT2D eigenvalue weighted by Crippen LogP contribution is -2.65. The van der Waals surface area contributed by atoms with Crippen LogP contribution in [0.3, 0.4) is 0 Å². The summed E-state index contributed by atoms with van der Waals surface area (Å²) in [5.74, 6) is -7.77. The summed E-state index contributed by atoms with van der Waals surface area (Å²) in [6.45, 7) is 0. The molecule has 11 nitrogen and oxygen atoms in total. The van der Waals surface area contributed by atoms with Crippen LogP contribution in [0.2, 0.25) is 0 Å². The molecule has 0 bridgehead atoms. The van der Waals surface area contributed by atoms with E-state index in [1.807, 2.05) is 0 Å². The second-order valence-corrected chi connectivity index (χ2v) is 9.35. The maximum Gasteiger partial charge on any atom is 0.330 e. The van der Waals surface area contributed by atoms with E-state index in [0.29, 0.717) is 11.1 Å². The Hall–Kier alpha value is -3.96. The van der Waals surface area contributed by atoms with E-state index in [0.717, 1.165) is 0 Å². The number of amides is 1. The Morgan fingerprint density at radius 2 is 1.86 bits per heavy atom. The van der Waals surface area contributed by atoms with E-state index in [9.17, 15) is 39.6 Å². The quantitative estimate of drug-likeness (QED) is 0.217.